The number of carbonyl (C=O) groups excluding carboxylic acids is 1. The third-order valence-electron chi connectivity index (χ3n) is 3.67. The molecule has 1 N–H and O–H groups in total. The van der Waals surface area contributed by atoms with Gasteiger partial charge in [0.25, 0.3) is 5.91 Å². The maximum atomic E-state index is 12.4. The summed E-state index contributed by atoms with van der Waals surface area (Å²) in [5, 5.41) is 3.04. The van der Waals surface area contributed by atoms with Crippen molar-refractivity contribution < 1.29 is 4.79 Å². The molecule has 1 amide bonds. The number of nitrogens with one attached hydrogen (secondary N) is 1. The van der Waals surface area contributed by atoms with E-state index in [0.717, 1.165) is 12.2 Å². The molecular formula is C14H21N3O. The number of carbonyl (C=O) groups is 1. The fourth-order valence-corrected chi connectivity index (χ4v) is 2.65. The molecule has 4 nitrogen and oxygen atoms in total. The van der Waals surface area contributed by atoms with Crippen molar-refractivity contribution in [2.24, 2.45) is 5.92 Å². The monoisotopic (exact) mass is 247 g/mol. The van der Waals surface area contributed by atoms with E-state index in [0.29, 0.717) is 11.5 Å². The molecule has 0 bridgehead atoms. The highest BCUT2D eigenvalue weighted by atomic mass is 16.2. The molecule has 1 aromatic heterocycles. The van der Waals surface area contributed by atoms with Crippen LogP contribution >= 0.6 is 0 Å². The molecule has 1 aliphatic rings. The van der Waals surface area contributed by atoms with Gasteiger partial charge in [-0.1, -0.05) is 12.8 Å². The van der Waals surface area contributed by atoms with Gasteiger partial charge in [0.2, 0.25) is 0 Å². The molecule has 0 unspecified atom stereocenters. The van der Waals surface area contributed by atoms with Crippen molar-refractivity contribution in [3.05, 3.63) is 24.0 Å². The number of anilines is 1. The van der Waals surface area contributed by atoms with Crippen LogP contribution in [0.3, 0.4) is 0 Å². The lowest BCUT2D eigenvalue weighted by Gasteiger charge is -2.22. The Labute approximate surface area is 108 Å². The molecular weight excluding hydrogens is 226 g/mol. The van der Waals surface area contributed by atoms with E-state index in [2.05, 4.69) is 10.3 Å². The van der Waals surface area contributed by atoms with E-state index in [1.54, 1.807) is 12.4 Å². The summed E-state index contributed by atoms with van der Waals surface area (Å²) in [6.07, 6.45) is 8.45. The van der Waals surface area contributed by atoms with E-state index in [-0.39, 0.29) is 5.91 Å². The fourth-order valence-electron chi connectivity index (χ4n) is 2.65. The Morgan fingerprint density at radius 1 is 1.50 bits per heavy atom. The summed E-state index contributed by atoms with van der Waals surface area (Å²) < 4.78 is 0. The minimum absolute atomic E-state index is 0.0550. The topological polar surface area (TPSA) is 45.2 Å². The van der Waals surface area contributed by atoms with Crippen molar-refractivity contribution in [3.8, 4) is 0 Å². The lowest BCUT2D eigenvalue weighted by Crippen LogP contribution is -2.31. The van der Waals surface area contributed by atoms with Gasteiger partial charge in [0.1, 0.15) is 0 Å². The van der Waals surface area contributed by atoms with Crippen LogP contribution in [0.2, 0.25) is 0 Å². The summed E-state index contributed by atoms with van der Waals surface area (Å²) in [6.45, 7) is 0.858. The van der Waals surface area contributed by atoms with Crippen molar-refractivity contribution in [1.29, 1.82) is 0 Å². The number of amides is 1. The van der Waals surface area contributed by atoms with E-state index in [1.807, 2.05) is 25.1 Å². The maximum Gasteiger partial charge on any atom is 0.257 e. The lowest BCUT2D eigenvalue weighted by molar-refractivity contribution is 0.0774. The largest absolute Gasteiger partial charge is 0.387 e. The number of aromatic nitrogens is 1. The van der Waals surface area contributed by atoms with Gasteiger partial charge in [0.15, 0.2) is 0 Å². The zero-order valence-electron chi connectivity index (χ0n) is 11.1. The highest BCUT2D eigenvalue weighted by molar-refractivity contribution is 5.99. The average Bonchev–Trinajstić information content (AvgIpc) is 2.90. The molecule has 1 fully saturated rings. The predicted molar refractivity (Wildman–Crippen MR) is 72.7 cm³/mol. The molecule has 0 atom stereocenters. The molecule has 4 heteroatoms. The molecule has 1 saturated carbocycles. The maximum absolute atomic E-state index is 12.4. The van der Waals surface area contributed by atoms with Gasteiger partial charge in [-0.05, 0) is 24.8 Å². The van der Waals surface area contributed by atoms with Gasteiger partial charge in [-0.2, -0.15) is 0 Å². The van der Waals surface area contributed by atoms with E-state index in [4.69, 9.17) is 0 Å². The lowest BCUT2D eigenvalue weighted by atomic mass is 10.1. The second kappa shape index (κ2) is 5.85. The molecule has 2 rings (SSSR count). The molecule has 0 spiro atoms. The summed E-state index contributed by atoms with van der Waals surface area (Å²) >= 11 is 0. The Bertz CT molecular complexity index is 413. The van der Waals surface area contributed by atoms with Gasteiger partial charge >= 0.3 is 0 Å². The summed E-state index contributed by atoms with van der Waals surface area (Å²) in [7, 11) is 3.70. The van der Waals surface area contributed by atoms with Crippen LogP contribution in [0.4, 0.5) is 5.69 Å². The molecule has 1 heterocycles. The van der Waals surface area contributed by atoms with E-state index >= 15 is 0 Å². The quantitative estimate of drug-likeness (QED) is 0.888. The number of hydrogen-bond donors (Lipinski definition) is 1. The normalized spacial score (nSPS) is 15.7. The Morgan fingerprint density at radius 2 is 2.22 bits per heavy atom. The standard InChI is InChI=1S/C14H21N3O/c1-15-13-7-8-16-9-12(13)14(18)17(2)10-11-5-3-4-6-11/h7-9,11H,3-6,10H2,1-2H3,(H,15,16). The summed E-state index contributed by atoms with van der Waals surface area (Å²) in [5.74, 6) is 0.730. The van der Waals surface area contributed by atoms with Gasteiger partial charge in [0, 0.05) is 38.7 Å². The van der Waals surface area contributed by atoms with Crippen LogP contribution in [0.5, 0.6) is 0 Å². The fraction of sp³-hybridized carbons (Fsp3) is 0.571. The van der Waals surface area contributed by atoms with Crippen LogP contribution < -0.4 is 5.32 Å². The van der Waals surface area contributed by atoms with Gasteiger partial charge in [-0.25, -0.2) is 0 Å². The van der Waals surface area contributed by atoms with Gasteiger partial charge in [0.05, 0.1) is 5.56 Å². The summed E-state index contributed by atoms with van der Waals surface area (Å²) in [5.41, 5.74) is 1.49. The van der Waals surface area contributed by atoms with Crippen LogP contribution in [-0.2, 0) is 0 Å². The molecule has 0 aromatic carbocycles. The SMILES string of the molecule is CNc1ccncc1C(=O)N(C)CC1CCCC1. The molecule has 98 valence electrons. The number of hydrogen-bond acceptors (Lipinski definition) is 3. The molecule has 0 aliphatic heterocycles. The molecule has 18 heavy (non-hydrogen) atoms. The number of rotatable bonds is 4. The highest BCUT2D eigenvalue weighted by Crippen LogP contribution is 2.26. The van der Waals surface area contributed by atoms with E-state index in [1.165, 1.54) is 25.7 Å². The number of pyridine rings is 1. The Morgan fingerprint density at radius 3 is 2.89 bits per heavy atom. The first-order valence-corrected chi connectivity index (χ1v) is 6.59. The third kappa shape index (κ3) is 2.81. The predicted octanol–water partition coefficient (Wildman–Crippen LogP) is 2.39. The second-order valence-corrected chi connectivity index (χ2v) is 5.01. The van der Waals surface area contributed by atoms with Crippen molar-refractivity contribution in [2.45, 2.75) is 25.7 Å². The van der Waals surface area contributed by atoms with Crippen molar-refractivity contribution >= 4 is 11.6 Å². The first-order valence-electron chi connectivity index (χ1n) is 6.59. The Kier molecular flexibility index (Phi) is 4.18. The Balaban J connectivity index is 2.05. The van der Waals surface area contributed by atoms with Crippen molar-refractivity contribution in [3.63, 3.8) is 0 Å². The average molecular weight is 247 g/mol. The second-order valence-electron chi connectivity index (χ2n) is 5.01. The third-order valence-corrected chi connectivity index (χ3v) is 3.67. The van der Waals surface area contributed by atoms with Crippen LogP contribution in [0, 0.1) is 5.92 Å². The van der Waals surface area contributed by atoms with Gasteiger partial charge < -0.3 is 10.2 Å². The van der Waals surface area contributed by atoms with Crippen LogP contribution in [0.1, 0.15) is 36.0 Å². The van der Waals surface area contributed by atoms with Crippen LogP contribution in [0.25, 0.3) is 0 Å². The number of nitrogens with zero attached hydrogens (tertiary/aromatic N) is 2. The summed E-state index contributed by atoms with van der Waals surface area (Å²) in [4.78, 5) is 18.2. The summed E-state index contributed by atoms with van der Waals surface area (Å²) in [6, 6.07) is 1.83. The molecule has 0 radical (unpaired) electrons. The minimum atomic E-state index is 0.0550. The van der Waals surface area contributed by atoms with E-state index in [9.17, 15) is 4.79 Å². The smallest absolute Gasteiger partial charge is 0.257 e. The molecule has 1 aliphatic carbocycles. The van der Waals surface area contributed by atoms with Gasteiger partial charge in [-0.15, -0.1) is 0 Å². The first kappa shape index (κ1) is 12.9. The first-order chi connectivity index (χ1) is 8.72. The molecule has 1 aromatic rings. The van der Waals surface area contributed by atoms with E-state index < -0.39 is 0 Å². The zero-order chi connectivity index (χ0) is 13.0. The van der Waals surface area contributed by atoms with Crippen LogP contribution in [0.15, 0.2) is 18.5 Å². The molecule has 0 saturated heterocycles. The minimum Gasteiger partial charge on any atom is -0.387 e. The highest BCUT2D eigenvalue weighted by Gasteiger charge is 2.21. The van der Waals surface area contributed by atoms with Crippen molar-refractivity contribution in [1.82, 2.24) is 9.88 Å². The van der Waals surface area contributed by atoms with Crippen LogP contribution in [-0.4, -0.2) is 36.4 Å². The zero-order valence-corrected chi connectivity index (χ0v) is 11.1. The Hall–Kier alpha value is -1.58. The van der Waals surface area contributed by atoms with Crippen molar-refractivity contribution in [2.75, 3.05) is 26.0 Å². The van der Waals surface area contributed by atoms with Gasteiger partial charge in [-0.3, -0.25) is 9.78 Å².